The molecule has 0 radical (unpaired) electrons. The molecule has 0 aliphatic heterocycles. The van der Waals surface area contributed by atoms with Crippen LogP contribution in [0.15, 0.2) is 53.3 Å². The van der Waals surface area contributed by atoms with Crippen molar-refractivity contribution in [3.63, 3.8) is 0 Å². The van der Waals surface area contributed by atoms with Crippen LogP contribution in [0.25, 0.3) is 10.9 Å². The molecule has 1 heterocycles. The highest BCUT2D eigenvalue weighted by Crippen LogP contribution is 2.30. The van der Waals surface area contributed by atoms with Gasteiger partial charge in [-0.2, -0.15) is 0 Å². The first kappa shape index (κ1) is 17.8. The number of nitrogens with one attached hydrogen (secondary N) is 2. The first-order valence-electron chi connectivity index (χ1n) is 9.13. The van der Waals surface area contributed by atoms with E-state index in [1.165, 1.54) is 4.68 Å². The van der Waals surface area contributed by atoms with Crippen LogP contribution < -0.4 is 16.2 Å². The lowest BCUT2D eigenvalue weighted by Gasteiger charge is -2.08. The average molecular weight is 377 g/mol. The molecule has 2 amide bonds. The molecule has 28 heavy (non-hydrogen) atoms. The van der Waals surface area contributed by atoms with Gasteiger partial charge in [-0.15, -0.1) is 5.10 Å². The first-order chi connectivity index (χ1) is 13.6. The number of hydrogen-bond donors (Lipinski definition) is 2. The van der Waals surface area contributed by atoms with Gasteiger partial charge in [-0.05, 0) is 49.2 Å². The van der Waals surface area contributed by atoms with Gasteiger partial charge in [0.05, 0.1) is 11.9 Å². The Bertz CT molecular complexity index is 1090. The molecule has 0 saturated heterocycles. The molecule has 1 saturated carbocycles. The third-order valence-corrected chi connectivity index (χ3v) is 4.56. The van der Waals surface area contributed by atoms with Gasteiger partial charge in [0.1, 0.15) is 5.52 Å². The lowest BCUT2D eigenvalue weighted by atomic mass is 10.2. The minimum absolute atomic E-state index is 0.0405. The van der Waals surface area contributed by atoms with Crippen LogP contribution in [-0.2, 0) is 16.1 Å². The van der Waals surface area contributed by atoms with E-state index in [1.54, 1.807) is 48.5 Å². The predicted molar refractivity (Wildman–Crippen MR) is 105 cm³/mol. The Labute approximate surface area is 160 Å². The topological polar surface area (TPSA) is 106 Å². The second-order valence-corrected chi connectivity index (χ2v) is 6.77. The minimum atomic E-state index is -0.269. The zero-order chi connectivity index (χ0) is 19.5. The molecular formula is C20H19N5O3. The van der Waals surface area contributed by atoms with E-state index in [2.05, 4.69) is 20.9 Å². The van der Waals surface area contributed by atoms with Crippen molar-refractivity contribution >= 4 is 34.1 Å². The smallest absolute Gasteiger partial charge is 0.277 e. The molecule has 2 N–H and O–H groups in total. The fourth-order valence-electron chi connectivity index (χ4n) is 2.83. The Morgan fingerprint density at radius 2 is 1.68 bits per heavy atom. The molecule has 2 aromatic carbocycles. The molecule has 1 aliphatic rings. The van der Waals surface area contributed by atoms with E-state index in [1.807, 2.05) is 0 Å². The third-order valence-electron chi connectivity index (χ3n) is 4.56. The summed E-state index contributed by atoms with van der Waals surface area (Å²) >= 11 is 0. The lowest BCUT2D eigenvalue weighted by molar-refractivity contribution is -0.117. The molecule has 0 bridgehead atoms. The van der Waals surface area contributed by atoms with Gasteiger partial charge in [-0.3, -0.25) is 14.4 Å². The second-order valence-electron chi connectivity index (χ2n) is 6.77. The van der Waals surface area contributed by atoms with E-state index in [9.17, 15) is 14.4 Å². The highest BCUT2D eigenvalue weighted by atomic mass is 16.2. The van der Waals surface area contributed by atoms with Crippen LogP contribution >= 0.6 is 0 Å². The summed E-state index contributed by atoms with van der Waals surface area (Å²) in [5, 5.41) is 14.0. The fourth-order valence-corrected chi connectivity index (χ4v) is 2.83. The zero-order valence-electron chi connectivity index (χ0n) is 15.1. The molecule has 0 unspecified atom stereocenters. The van der Waals surface area contributed by atoms with E-state index in [-0.39, 0.29) is 36.3 Å². The van der Waals surface area contributed by atoms with Gasteiger partial charge in [0.2, 0.25) is 11.8 Å². The minimum Gasteiger partial charge on any atom is -0.326 e. The van der Waals surface area contributed by atoms with E-state index < -0.39 is 0 Å². The standard InChI is InChI=1S/C20H19N5O3/c26-18(11-12-25-20(28)16-3-1-2-4-17(16)23-24-25)21-14-7-9-15(10-8-14)22-19(27)13-5-6-13/h1-4,7-10,13H,5-6,11-12H2,(H,21,26)(H,22,27). The number of carbonyl (C=O) groups is 2. The number of benzene rings is 2. The molecular weight excluding hydrogens is 358 g/mol. The van der Waals surface area contributed by atoms with Crippen molar-refractivity contribution in [2.45, 2.75) is 25.8 Å². The van der Waals surface area contributed by atoms with Crippen molar-refractivity contribution in [3.05, 3.63) is 58.9 Å². The molecule has 1 aliphatic carbocycles. The van der Waals surface area contributed by atoms with Gasteiger partial charge < -0.3 is 10.6 Å². The van der Waals surface area contributed by atoms with E-state index in [0.29, 0.717) is 22.3 Å². The van der Waals surface area contributed by atoms with Crippen LogP contribution in [0.3, 0.4) is 0 Å². The largest absolute Gasteiger partial charge is 0.326 e. The summed E-state index contributed by atoms with van der Waals surface area (Å²) in [6.07, 6.45) is 1.99. The summed E-state index contributed by atoms with van der Waals surface area (Å²) in [6.45, 7) is 0.137. The molecule has 8 heteroatoms. The van der Waals surface area contributed by atoms with Crippen molar-refractivity contribution in [1.82, 2.24) is 15.0 Å². The molecule has 4 rings (SSSR count). The second kappa shape index (κ2) is 7.59. The Kier molecular flexibility index (Phi) is 4.84. The van der Waals surface area contributed by atoms with Crippen LogP contribution in [0.4, 0.5) is 11.4 Å². The van der Waals surface area contributed by atoms with Crippen LogP contribution in [-0.4, -0.2) is 26.8 Å². The monoisotopic (exact) mass is 377 g/mol. The molecule has 3 aromatic rings. The number of fused-ring (bicyclic) bond motifs is 1. The third kappa shape index (κ3) is 4.06. The molecule has 142 valence electrons. The normalized spacial score (nSPS) is 13.3. The number of carbonyl (C=O) groups excluding carboxylic acids is 2. The predicted octanol–water partition coefficient (Wildman–Crippen LogP) is 2.17. The Hall–Kier alpha value is -3.55. The summed E-state index contributed by atoms with van der Waals surface area (Å²) < 4.78 is 1.19. The van der Waals surface area contributed by atoms with Crippen LogP contribution in [0.1, 0.15) is 19.3 Å². The fraction of sp³-hybridized carbons (Fsp3) is 0.250. The van der Waals surface area contributed by atoms with Crippen LogP contribution in [0.2, 0.25) is 0 Å². The Morgan fingerprint density at radius 1 is 1.00 bits per heavy atom. The molecule has 1 fully saturated rings. The van der Waals surface area contributed by atoms with Gasteiger partial charge in [-0.1, -0.05) is 17.3 Å². The maximum atomic E-state index is 12.4. The summed E-state index contributed by atoms with van der Waals surface area (Å²) in [6, 6.07) is 13.9. The molecule has 1 aromatic heterocycles. The Morgan fingerprint density at radius 3 is 2.39 bits per heavy atom. The first-order valence-corrected chi connectivity index (χ1v) is 9.13. The highest BCUT2D eigenvalue weighted by molar-refractivity contribution is 5.95. The number of anilines is 2. The van der Waals surface area contributed by atoms with Crippen LogP contribution in [0, 0.1) is 5.92 Å². The summed E-state index contributed by atoms with van der Waals surface area (Å²) in [7, 11) is 0. The maximum Gasteiger partial charge on any atom is 0.277 e. The van der Waals surface area contributed by atoms with Crippen LogP contribution in [0.5, 0.6) is 0 Å². The van der Waals surface area contributed by atoms with Crippen molar-refractivity contribution in [2.24, 2.45) is 5.92 Å². The SMILES string of the molecule is O=C(CCn1nnc2ccccc2c1=O)Nc1ccc(NC(=O)C2CC2)cc1. The van der Waals surface area contributed by atoms with Crippen molar-refractivity contribution in [3.8, 4) is 0 Å². The number of hydrogen-bond acceptors (Lipinski definition) is 5. The van der Waals surface area contributed by atoms with E-state index >= 15 is 0 Å². The summed E-state index contributed by atoms with van der Waals surface area (Å²) in [5.74, 6) is -0.0589. The average Bonchev–Trinajstić information content (AvgIpc) is 3.55. The van der Waals surface area contributed by atoms with Crippen molar-refractivity contribution in [2.75, 3.05) is 10.6 Å². The lowest BCUT2D eigenvalue weighted by Crippen LogP contribution is -2.26. The number of amides is 2. The molecule has 8 nitrogen and oxygen atoms in total. The number of aryl methyl sites for hydroxylation is 1. The van der Waals surface area contributed by atoms with Gasteiger partial charge >= 0.3 is 0 Å². The van der Waals surface area contributed by atoms with E-state index in [0.717, 1.165) is 12.8 Å². The summed E-state index contributed by atoms with van der Waals surface area (Å²) in [4.78, 5) is 36.3. The number of rotatable bonds is 6. The van der Waals surface area contributed by atoms with Gasteiger partial charge in [0, 0.05) is 23.7 Å². The molecule has 0 spiro atoms. The van der Waals surface area contributed by atoms with Gasteiger partial charge in [0.25, 0.3) is 5.56 Å². The summed E-state index contributed by atoms with van der Waals surface area (Å²) in [5.41, 5.74) is 1.58. The molecule has 0 atom stereocenters. The van der Waals surface area contributed by atoms with Crippen molar-refractivity contribution in [1.29, 1.82) is 0 Å². The zero-order valence-corrected chi connectivity index (χ0v) is 15.1. The van der Waals surface area contributed by atoms with Gasteiger partial charge in [0.15, 0.2) is 0 Å². The number of nitrogens with zero attached hydrogens (tertiary/aromatic N) is 3. The Balaban J connectivity index is 1.33. The van der Waals surface area contributed by atoms with Gasteiger partial charge in [-0.25, -0.2) is 4.68 Å². The van der Waals surface area contributed by atoms with E-state index in [4.69, 9.17) is 0 Å². The maximum absolute atomic E-state index is 12.4. The number of aromatic nitrogens is 3. The quantitative estimate of drug-likeness (QED) is 0.685. The van der Waals surface area contributed by atoms with Crippen molar-refractivity contribution < 1.29 is 9.59 Å². The highest BCUT2D eigenvalue weighted by Gasteiger charge is 2.29.